The fraction of sp³-hybridized carbons (Fsp3) is 0.571. The Balaban J connectivity index is 2.11. The number of nitrogens with zero attached hydrogens (tertiary/aromatic N) is 1. The van der Waals surface area contributed by atoms with E-state index in [0.29, 0.717) is 13.0 Å². The molecule has 0 aromatic carbocycles. The lowest BCUT2D eigenvalue weighted by atomic mass is 9.97. The van der Waals surface area contributed by atoms with Gasteiger partial charge >= 0.3 is 0 Å². The highest BCUT2D eigenvalue weighted by atomic mass is 16.3. The summed E-state index contributed by atoms with van der Waals surface area (Å²) in [6.45, 7) is 6.13. The Hall–Kier alpha value is -1.78. The first-order valence-electron chi connectivity index (χ1n) is 6.64. The fourth-order valence-electron chi connectivity index (χ4n) is 2.49. The molecule has 0 radical (unpaired) electrons. The second-order valence-electron chi connectivity index (χ2n) is 5.28. The van der Waals surface area contributed by atoms with Crippen LogP contribution in [0.25, 0.3) is 0 Å². The van der Waals surface area contributed by atoms with Crippen molar-refractivity contribution in [2.24, 2.45) is 5.92 Å². The standard InChI is InChI=1S/C14H20N2O3/c1-9(2)12-13(17)15-10(3)14(18)16(12)7-6-11-5-4-8-19-11/h4-5,8-10,12H,6-7H2,1-3H3,(H,15,17). The summed E-state index contributed by atoms with van der Waals surface area (Å²) in [4.78, 5) is 25.9. The van der Waals surface area contributed by atoms with E-state index in [1.165, 1.54) is 0 Å². The predicted molar refractivity (Wildman–Crippen MR) is 70.4 cm³/mol. The van der Waals surface area contributed by atoms with Crippen LogP contribution in [-0.4, -0.2) is 35.3 Å². The lowest BCUT2D eigenvalue weighted by Crippen LogP contribution is -2.64. The molecule has 0 bridgehead atoms. The molecule has 1 saturated heterocycles. The molecule has 0 spiro atoms. The SMILES string of the molecule is CC1NC(=O)C(C(C)C)N(CCc2ccco2)C1=O. The van der Waals surface area contributed by atoms with E-state index in [-0.39, 0.29) is 17.7 Å². The monoisotopic (exact) mass is 264 g/mol. The Labute approximate surface area is 113 Å². The molecular weight excluding hydrogens is 244 g/mol. The zero-order chi connectivity index (χ0) is 14.0. The molecule has 2 rings (SSSR count). The molecule has 5 nitrogen and oxygen atoms in total. The second-order valence-corrected chi connectivity index (χ2v) is 5.28. The van der Waals surface area contributed by atoms with E-state index in [1.54, 1.807) is 18.1 Å². The van der Waals surface area contributed by atoms with Gasteiger partial charge in [0.2, 0.25) is 11.8 Å². The highest BCUT2D eigenvalue weighted by Gasteiger charge is 2.39. The predicted octanol–water partition coefficient (Wildman–Crippen LogP) is 1.19. The van der Waals surface area contributed by atoms with Crippen LogP contribution in [0.15, 0.2) is 22.8 Å². The van der Waals surface area contributed by atoms with Gasteiger partial charge in [0, 0.05) is 13.0 Å². The van der Waals surface area contributed by atoms with Crippen LogP contribution in [-0.2, 0) is 16.0 Å². The van der Waals surface area contributed by atoms with Crippen LogP contribution in [0, 0.1) is 5.92 Å². The van der Waals surface area contributed by atoms with Crippen LogP contribution in [0.3, 0.4) is 0 Å². The van der Waals surface area contributed by atoms with Crippen molar-refractivity contribution in [1.29, 1.82) is 0 Å². The number of carbonyl (C=O) groups excluding carboxylic acids is 2. The zero-order valence-electron chi connectivity index (χ0n) is 11.6. The first-order chi connectivity index (χ1) is 9.00. The van der Waals surface area contributed by atoms with Crippen LogP contribution in [0.1, 0.15) is 26.5 Å². The van der Waals surface area contributed by atoms with Crippen LogP contribution in [0.4, 0.5) is 0 Å². The average molecular weight is 264 g/mol. The first-order valence-corrected chi connectivity index (χ1v) is 6.64. The Kier molecular flexibility index (Phi) is 3.93. The van der Waals surface area contributed by atoms with E-state index < -0.39 is 12.1 Å². The highest BCUT2D eigenvalue weighted by Crippen LogP contribution is 2.18. The van der Waals surface area contributed by atoms with E-state index in [9.17, 15) is 9.59 Å². The van der Waals surface area contributed by atoms with Crippen molar-refractivity contribution in [3.8, 4) is 0 Å². The normalized spacial score (nSPS) is 23.9. The highest BCUT2D eigenvalue weighted by molar-refractivity contribution is 5.96. The zero-order valence-corrected chi connectivity index (χ0v) is 11.6. The molecule has 104 valence electrons. The number of carbonyl (C=O) groups is 2. The molecule has 5 heteroatoms. The number of rotatable bonds is 4. The van der Waals surface area contributed by atoms with Gasteiger partial charge in [0.1, 0.15) is 17.8 Å². The third-order valence-electron chi connectivity index (χ3n) is 3.43. The van der Waals surface area contributed by atoms with Crippen LogP contribution < -0.4 is 5.32 Å². The van der Waals surface area contributed by atoms with Crippen LogP contribution in [0.5, 0.6) is 0 Å². The van der Waals surface area contributed by atoms with Crippen molar-refractivity contribution in [1.82, 2.24) is 10.2 Å². The minimum absolute atomic E-state index is 0.0233. The van der Waals surface area contributed by atoms with Gasteiger partial charge in [-0.1, -0.05) is 13.8 Å². The van der Waals surface area contributed by atoms with Gasteiger partial charge in [-0.05, 0) is 25.0 Å². The number of furan rings is 1. The third-order valence-corrected chi connectivity index (χ3v) is 3.43. The third kappa shape index (κ3) is 2.80. The van der Waals surface area contributed by atoms with E-state index in [0.717, 1.165) is 5.76 Å². The number of amides is 2. The quantitative estimate of drug-likeness (QED) is 0.888. The van der Waals surface area contributed by atoms with Crippen molar-refractivity contribution >= 4 is 11.8 Å². The maximum Gasteiger partial charge on any atom is 0.245 e. The Morgan fingerprint density at radius 1 is 1.42 bits per heavy atom. The molecular formula is C14H20N2O3. The molecule has 0 aliphatic carbocycles. The van der Waals surface area contributed by atoms with E-state index in [4.69, 9.17) is 4.42 Å². The maximum absolute atomic E-state index is 12.2. The fourth-order valence-corrected chi connectivity index (χ4v) is 2.49. The molecule has 1 aromatic heterocycles. The summed E-state index contributed by atoms with van der Waals surface area (Å²) in [7, 11) is 0. The van der Waals surface area contributed by atoms with Crippen LogP contribution >= 0.6 is 0 Å². The largest absolute Gasteiger partial charge is 0.469 e. The minimum atomic E-state index is -0.445. The van der Waals surface area contributed by atoms with Crippen LogP contribution in [0.2, 0.25) is 0 Å². The lowest BCUT2D eigenvalue weighted by molar-refractivity contribution is -0.150. The smallest absolute Gasteiger partial charge is 0.245 e. The molecule has 1 aliphatic heterocycles. The summed E-state index contributed by atoms with van der Waals surface area (Å²) in [6.07, 6.45) is 2.24. The molecule has 1 aromatic rings. The molecule has 1 N–H and O–H groups in total. The molecule has 2 unspecified atom stereocenters. The van der Waals surface area contributed by atoms with Gasteiger partial charge in [-0.2, -0.15) is 0 Å². The summed E-state index contributed by atoms with van der Waals surface area (Å²) < 4.78 is 5.27. The molecule has 1 aliphatic rings. The Morgan fingerprint density at radius 3 is 2.74 bits per heavy atom. The summed E-state index contributed by atoms with van der Waals surface area (Å²) in [6, 6.07) is 2.86. The van der Waals surface area contributed by atoms with E-state index >= 15 is 0 Å². The summed E-state index contributed by atoms with van der Waals surface area (Å²) in [5, 5.41) is 2.73. The summed E-state index contributed by atoms with van der Waals surface area (Å²) >= 11 is 0. The number of hydrogen-bond donors (Lipinski definition) is 1. The molecule has 1 fully saturated rings. The van der Waals surface area contributed by atoms with Gasteiger partial charge in [-0.25, -0.2) is 0 Å². The lowest BCUT2D eigenvalue weighted by Gasteiger charge is -2.39. The number of piperazine rings is 1. The van der Waals surface area contributed by atoms with Gasteiger partial charge in [-0.3, -0.25) is 9.59 Å². The van der Waals surface area contributed by atoms with Gasteiger partial charge in [0.05, 0.1) is 6.26 Å². The molecule has 0 saturated carbocycles. The van der Waals surface area contributed by atoms with E-state index in [2.05, 4.69) is 5.32 Å². The number of hydrogen-bond acceptors (Lipinski definition) is 3. The number of nitrogens with one attached hydrogen (secondary N) is 1. The summed E-state index contributed by atoms with van der Waals surface area (Å²) in [5.74, 6) is 0.827. The molecule has 2 amide bonds. The second kappa shape index (κ2) is 5.47. The van der Waals surface area contributed by atoms with Crippen molar-refractivity contribution in [3.63, 3.8) is 0 Å². The van der Waals surface area contributed by atoms with Gasteiger partial charge in [0.25, 0.3) is 0 Å². The van der Waals surface area contributed by atoms with Gasteiger partial charge in [0.15, 0.2) is 0 Å². The molecule has 19 heavy (non-hydrogen) atoms. The molecule has 2 atom stereocenters. The average Bonchev–Trinajstić information content (AvgIpc) is 2.84. The van der Waals surface area contributed by atoms with Crippen molar-refractivity contribution in [2.75, 3.05) is 6.54 Å². The summed E-state index contributed by atoms with van der Waals surface area (Å²) in [5.41, 5.74) is 0. The van der Waals surface area contributed by atoms with Gasteiger partial charge in [-0.15, -0.1) is 0 Å². The Morgan fingerprint density at radius 2 is 2.16 bits per heavy atom. The Bertz CT molecular complexity index is 453. The first kappa shape index (κ1) is 13.6. The minimum Gasteiger partial charge on any atom is -0.469 e. The van der Waals surface area contributed by atoms with Crippen molar-refractivity contribution in [2.45, 2.75) is 39.3 Å². The van der Waals surface area contributed by atoms with Gasteiger partial charge < -0.3 is 14.6 Å². The maximum atomic E-state index is 12.2. The molecule has 2 heterocycles. The van der Waals surface area contributed by atoms with E-state index in [1.807, 2.05) is 26.0 Å². The topological polar surface area (TPSA) is 62.6 Å². The van der Waals surface area contributed by atoms with Crippen molar-refractivity contribution < 1.29 is 14.0 Å². The van der Waals surface area contributed by atoms with Crippen molar-refractivity contribution in [3.05, 3.63) is 24.2 Å².